The summed E-state index contributed by atoms with van der Waals surface area (Å²) in [6.07, 6.45) is 2.73. The first-order chi connectivity index (χ1) is 8.31. The molecule has 0 saturated carbocycles. The second kappa shape index (κ2) is 5.82. The van der Waals surface area contributed by atoms with E-state index in [-0.39, 0.29) is 12.0 Å². The molecule has 3 heteroatoms. The summed E-state index contributed by atoms with van der Waals surface area (Å²) in [6, 6.07) is 8.05. The second-order valence-electron chi connectivity index (χ2n) is 4.43. The van der Waals surface area contributed by atoms with E-state index < -0.39 is 0 Å². The minimum Gasteiger partial charge on any atom is -0.465 e. The molecule has 2 rings (SSSR count). The molecule has 1 heterocycles. The standard InChI is InChI=1S/C14H19NO2/c1-2-3-8-17-14(16)13-9-11-6-4-5-7-12(11)10-15-13/h4-7,13,15H,2-3,8-10H2,1H3/t13-/m0/s1. The van der Waals surface area contributed by atoms with Crippen LogP contribution in [0, 0.1) is 0 Å². The molecule has 17 heavy (non-hydrogen) atoms. The molecule has 92 valence electrons. The van der Waals surface area contributed by atoms with Crippen LogP contribution >= 0.6 is 0 Å². The van der Waals surface area contributed by atoms with Gasteiger partial charge in [0.25, 0.3) is 0 Å². The van der Waals surface area contributed by atoms with E-state index in [9.17, 15) is 4.79 Å². The first kappa shape index (κ1) is 12.1. The molecule has 0 saturated heterocycles. The van der Waals surface area contributed by atoms with Gasteiger partial charge in [-0.3, -0.25) is 4.79 Å². The molecule has 0 amide bonds. The van der Waals surface area contributed by atoms with Crippen molar-refractivity contribution in [3.05, 3.63) is 35.4 Å². The summed E-state index contributed by atoms with van der Waals surface area (Å²) >= 11 is 0. The number of hydrogen-bond acceptors (Lipinski definition) is 3. The van der Waals surface area contributed by atoms with Crippen molar-refractivity contribution in [2.45, 2.75) is 38.8 Å². The van der Waals surface area contributed by atoms with E-state index in [1.807, 2.05) is 12.1 Å². The minimum atomic E-state index is -0.179. The Hall–Kier alpha value is -1.35. The van der Waals surface area contributed by atoms with Gasteiger partial charge in [0.15, 0.2) is 0 Å². The van der Waals surface area contributed by atoms with Gasteiger partial charge in [0.05, 0.1) is 6.61 Å². The van der Waals surface area contributed by atoms with Crippen LogP contribution in [0.25, 0.3) is 0 Å². The molecule has 0 spiro atoms. The van der Waals surface area contributed by atoms with Crippen molar-refractivity contribution >= 4 is 5.97 Å². The number of esters is 1. The Morgan fingerprint density at radius 3 is 2.94 bits per heavy atom. The van der Waals surface area contributed by atoms with E-state index >= 15 is 0 Å². The molecule has 1 aliphatic heterocycles. The lowest BCUT2D eigenvalue weighted by molar-refractivity contribution is -0.146. The number of fused-ring (bicyclic) bond motifs is 1. The zero-order valence-corrected chi connectivity index (χ0v) is 10.2. The summed E-state index contributed by atoms with van der Waals surface area (Å²) in [6.45, 7) is 3.38. The lowest BCUT2D eigenvalue weighted by Crippen LogP contribution is -2.42. The van der Waals surface area contributed by atoms with Crippen LogP contribution in [0.15, 0.2) is 24.3 Å². The molecule has 1 N–H and O–H groups in total. The fourth-order valence-electron chi connectivity index (χ4n) is 2.04. The van der Waals surface area contributed by atoms with Crippen molar-refractivity contribution in [1.29, 1.82) is 0 Å². The molecule has 0 radical (unpaired) electrons. The van der Waals surface area contributed by atoms with Gasteiger partial charge in [-0.25, -0.2) is 0 Å². The third-order valence-electron chi connectivity index (χ3n) is 3.11. The molecule has 1 aromatic rings. The Kier molecular flexibility index (Phi) is 4.15. The summed E-state index contributed by atoms with van der Waals surface area (Å²) in [5.41, 5.74) is 2.54. The maximum atomic E-state index is 11.8. The molecular formula is C14H19NO2. The number of carbonyl (C=O) groups excluding carboxylic acids is 1. The third-order valence-corrected chi connectivity index (χ3v) is 3.11. The normalized spacial score (nSPS) is 18.5. The van der Waals surface area contributed by atoms with Crippen LogP contribution in [0.5, 0.6) is 0 Å². The van der Waals surface area contributed by atoms with Crippen LogP contribution in [0.3, 0.4) is 0 Å². The van der Waals surface area contributed by atoms with E-state index in [0.717, 1.165) is 25.8 Å². The first-order valence-electron chi connectivity index (χ1n) is 6.28. The highest BCUT2D eigenvalue weighted by Gasteiger charge is 2.24. The second-order valence-corrected chi connectivity index (χ2v) is 4.43. The van der Waals surface area contributed by atoms with Crippen molar-refractivity contribution < 1.29 is 9.53 Å². The van der Waals surface area contributed by atoms with Crippen molar-refractivity contribution in [2.24, 2.45) is 0 Å². The summed E-state index contributed by atoms with van der Waals surface area (Å²) in [7, 11) is 0. The molecule has 0 aliphatic carbocycles. The molecule has 0 unspecified atom stereocenters. The van der Waals surface area contributed by atoms with Crippen molar-refractivity contribution in [3.8, 4) is 0 Å². The molecular weight excluding hydrogens is 214 g/mol. The first-order valence-corrected chi connectivity index (χ1v) is 6.28. The summed E-state index contributed by atoms with van der Waals surface area (Å²) in [5.74, 6) is -0.118. The third kappa shape index (κ3) is 3.07. The lowest BCUT2D eigenvalue weighted by Gasteiger charge is -2.24. The predicted octanol–water partition coefficient (Wildman–Crippen LogP) is 2.04. The monoisotopic (exact) mass is 233 g/mol. The fraction of sp³-hybridized carbons (Fsp3) is 0.500. The molecule has 1 aromatic carbocycles. The van der Waals surface area contributed by atoms with Crippen LogP contribution in [0.4, 0.5) is 0 Å². The molecule has 1 atom stereocenters. The number of carbonyl (C=O) groups is 1. The maximum absolute atomic E-state index is 11.8. The minimum absolute atomic E-state index is 0.118. The predicted molar refractivity (Wildman–Crippen MR) is 66.6 cm³/mol. The van der Waals surface area contributed by atoms with E-state index in [0.29, 0.717) is 6.61 Å². The SMILES string of the molecule is CCCCOC(=O)[C@@H]1Cc2ccccc2CN1. The van der Waals surface area contributed by atoms with Gasteiger partial charge < -0.3 is 10.1 Å². The van der Waals surface area contributed by atoms with Gasteiger partial charge in [-0.05, 0) is 24.0 Å². The van der Waals surface area contributed by atoms with E-state index in [2.05, 4.69) is 24.4 Å². The van der Waals surface area contributed by atoms with E-state index in [1.165, 1.54) is 11.1 Å². The van der Waals surface area contributed by atoms with Crippen molar-refractivity contribution in [1.82, 2.24) is 5.32 Å². The van der Waals surface area contributed by atoms with Crippen molar-refractivity contribution in [2.75, 3.05) is 6.61 Å². The Bertz CT molecular complexity index is 390. The van der Waals surface area contributed by atoms with Gasteiger partial charge in [0.2, 0.25) is 0 Å². The number of rotatable bonds is 4. The maximum Gasteiger partial charge on any atom is 0.323 e. The highest BCUT2D eigenvalue weighted by molar-refractivity contribution is 5.76. The molecule has 3 nitrogen and oxygen atoms in total. The summed E-state index contributed by atoms with van der Waals surface area (Å²) in [4.78, 5) is 11.8. The number of hydrogen-bond donors (Lipinski definition) is 1. The van der Waals surface area contributed by atoms with Gasteiger partial charge in [-0.1, -0.05) is 37.6 Å². The molecule has 0 fully saturated rings. The van der Waals surface area contributed by atoms with Gasteiger partial charge in [0, 0.05) is 6.54 Å². The molecule has 1 aliphatic rings. The number of ether oxygens (including phenoxy) is 1. The molecule has 0 bridgehead atoms. The molecule has 0 aromatic heterocycles. The van der Waals surface area contributed by atoms with Crippen LogP contribution in [-0.4, -0.2) is 18.6 Å². The number of unbranched alkanes of at least 4 members (excludes halogenated alkanes) is 1. The van der Waals surface area contributed by atoms with E-state index in [1.54, 1.807) is 0 Å². The Morgan fingerprint density at radius 1 is 1.41 bits per heavy atom. The van der Waals surface area contributed by atoms with E-state index in [4.69, 9.17) is 4.74 Å². The topological polar surface area (TPSA) is 38.3 Å². The van der Waals surface area contributed by atoms with Crippen LogP contribution in [0.1, 0.15) is 30.9 Å². The fourth-order valence-corrected chi connectivity index (χ4v) is 2.04. The van der Waals surface area contributed by atoms with Gasteiger partial charge in [-0.2, -0.15) is 0 Å². The number of nitrogens with one attached hydrogen (secondary N) is 1. The average Bonchev–Trinajstić information content (AvgIpc) is 2.38. The van der Waals surface area contributed by atoms with Gasteiger partial charge >= 0.3 is 5.97 Å². The Morgan fingerprint density at radius 2 is 2.18 bits per heavy atom. The summed E-state index contributed by atoms with van der Waals surface area (Å²) in [5, 5.41) is 3.23. The lowest BCUT2D eigenvalue weighted by atomic mass is 9.96. The van der Waals surface area contributed by atoms with Crippen LogP contribution < -0.4 is 5.32 Å². The zero-order chi connectivity index (χ0) is 12.1. The van der Waals surface area contributed by atoms with Crippen LogP contribution in [-0.2, 0) is 22.5 Å². The highest BCUT2D eigenvalue weighted by Crippen LogP contribution is 2.16. The zero-order valence-electron chi connectivity index (χ0n) is 10.2. The van der Waals surface area contributed by atoms with Gasteiger partial charge in [-0.15, -0.1) is 0 Å². The number of benzene rings is 1. The average molecular weight is 233 g/mol. The quantitative estimate of drug-likeness (QED) is 0.639. The van der Waals surface area contributed by atoms with Crippen molar-refractivity contribution in [3.63, 3.8) is 0 Å². The Balaban J connectivity index is 1.91. The van der Waals surface area contributed by atoms with Gasteiger partial charge in [0.1, 0.15) is 6.04 Å². The summed E-state index contributed by atoms with van der Waals surface area (Å²) < 4.78 is 5.24. The Labute approximate surface area is 102 Å². The highest BCUT2D eigenvalue weighted by atomic mass is 16.5. The van der Waals surface area contributed by atoms with Crippen LogP contribution in [0.2, 0.25) is 0 Å². The largest absolute Gasteiger partial charge is 0.465 e. The smallest absolute Gasteiger partial charge is 0.323 e.